The van der Waals surface area contributed by atoms with Crippen LogP contribution in [0.4, 0.5) is 0 Å². The van der Waals surface area contributed by atoms with Gasteiger partial charge in [-0.05, 0) is 30.9 Å². The van der Waals surface area contributed by atoms with Gasteiger partial charge in [-0.25, -0.2) is 4.99 Å². The molecule has 4 heteroatoms. The average molecular weight is 319 g/mol. The van der Waals surface area contributed by atoms with Gasteiger partial charge in [0.15, 0.2) is 0 Å². The average Bonchev–Trinajstić information content (AvgIpc) is 2.53. The first-order valence-electron chi connectivity index (χ1n) is 7.44. The molecule has 0 heterocycles. The molecule has 1 rings (SSSR count). The molecule has 0 saturated heterocycles. The highest BCUT2D eigenvalue weighted by Crippen LogP contribution is 2.14. The van der Waals surface area contributed by atoms with E-state index in [1.54, 1.807) is 0 Å². The number of aliphatic imine (C=N–C) groups is 1. The van der Waals surface area contributed by atoms with Crippen molar-refractivity contribution in [2.24, 2.45) is 4.99 Å². The van der Waals surface area contributed by atoms with E-state index in [1.807, 2.05) is 26.0 Å². The Balaban J connectivity index is 2.76. The zero-order chi connectivity index (χ0) is 16.5. The van der Waals surface area contributed by atoms with Crippen molar-refractivity contribution in [3.8, 4) is 0 Å². The monoisotopic (exact) mass is 318 g/mol. The summed E-state index contributed by atoms with van der Waals surface area (Å²) < 4.78 is 0. The molecular weight excluding hydrogens is 296 g/mol. The van der Waals surface area contributed by atoms with E-state index < -0.39 is 0 Å². The van der Waals surface area contributed by atoms with Gasteiger partial charge in [0, 0.05) is 12.3 Å². The molecule has 0 atom stereocenters. The van der Waals surface area contributed by atoms with Gasteiger partial charge in [-0.1, -0.05) is 62.4 Å². The second-order valence-corrected chi connectivity index (χ2v) is 5.32. The Labute approximate surface area is 137 Å². The molecule has 0 aliphatic heterocycles. The number of halogens is 1. The van der Waals surface area contributed by atoms with Crippen LogP contribution in [0.2, 0.25) is 0 Å². The molecule has 0 radical (unpaired) electrons. The van der Waals surface area contributed by atoms with Gasteiger partial charge in [0.25, 0.3) is 5.91 Å². The Hall–Kier alpha value is -1.87. The number of carbonyl (C=O) groups excluding carboxylic acids is 1. The van der Waals surface area contributed by atoms with Crippen LogP contribution in [0.3, 0.4) is 0 Å². The zero-order valence-electron chi connectivity index (χ0n) is 13.4. The normalized spacial score (nSPS) is 12.6. The van der Waals surface area contributed by atoms with E-state index in [4.69, 9.17) is 11.6 Å². The van der Waals surface area contributed by atoms with Crippen molar-refractivity contribution in [3.63, 3.8) is 0 Å². The molecular formula is C18H23ClN2O. The zero-order valence-corrected chi connectivity index (χ0v) is 14.2. The number of benzene rings is 1. The highest BCUT2D eigenvalue weighted by atomic mass is 35.5. The van der Waals surface area contributed by atoms with Crippen LogP contribution in [-0.4, -0.2) is 11.6 Å². The maximum Gasteiger partial charge on any atom is 0.254 e. The fourth-order valence-corrected chi connectivity index (χ4v) is 2.06. The van der Waals surface area contributed by atoms with Crippen LogP contribution in [0.25, 0.3) is 0 Å². The topological polar surface area (TPSA) is 41.5 Å². The summed E-state index contributed by atoms with van der Waals surface area (Å²) in [6.45, 7) is 10.1. The molecule has 118 valence electrons. The van der Waals surface area contributed by atoms with E-state index in [9.17, 15) is 4.79 Å². The molecule has 1 amide bonds. The van der Waals surface area contributed by atoms with Gasteiger partial charge >= 0.3 is 0 Å². The largest absolute Gasteiger partial charge is 0.348 e. The lowest BCUT2D eigenvalue weighted by Gasteiger charge is -2.08. The summed E-state index contributed by atoms with van der Waals surface area (Å²) in [4.78, 5) is 16.4. The van der Waals surface area contributed by atoms with E-state index in [-0.39, 0.29) is 11.1 Å². The minimum Gasteiger partial charge on any atom is -0.348 e. The van der Waals surface area contributed by atoms with Gasteiger partial charge in [0.2, 0.25) is 0 Å². The Morgan fingerprint density at radius 3 is 2.36 bits per heavy atom. The molecule has 0 aliphatic carbocycles. The molecule has 0 bridgehead atoms. The van der Waals surface area contributed by atoms with Crippen LogP contribution in [0.15, 0.2) is 52.6 Å². The Kier molecular flexibility index (Phi) is 7.61. The van der Waals surface area contributed by atoms with Crippen LogP contribution < -0.4 is 5.32 Å². The number of hydrogen-bond acceptors (Lipinski definition) is 2. The summed E-state index contributed by atoms with van der Waals surface area (Å²) in [6, 6.07) is 8.15. The second kappa shape index (κ2) is 9.21. The third kappa shape index (κ3) is 5.49. The van der Waals surface area contributed by atoms with Gasteiger partial charge < -0.3 is 5.32 Å². The van der Waals surface area contributed by atoms with E-state index in [2.05, 4.69) is 35.9 Å². The fraction of sp³-hybridized carbons (Fsp3) is 0.333. The van der Waals surface area contributed by atoms with Crippen molar-refractivity contribution in [1.29, 1.82) is 0 Å². The van der Waals surface area contributed by atoms with Crippen LogP contribution in [0, 0.1) is 0 Å². The molecule has 0 fully saturated rings. The van der Waals surface area contributed by atoms with Gasteiger partial charge in [0.1, 0.15) is 5.16 Å². The van der Waals surface area contributed by atoms with Crippen LogP contribution in [-0.2, 0) is 17.8 Å². The van der Waals surface area contributed by atoms with Crippen molar-refractivity contribution in [3.05, 3.63) is 58.8 Å². The van der Waals surface area contributed by atoms with Crippen LogP contribution in [0.1, 0.15) is 38.3 Å². The number of amides is 1. The van der Waals surface area contributed by atoms with Gasteiger partial charge in [-0.2, -0.15) is 0 Å². The summed E-state index contributed by atoms with van der Waals surface area (Å²) in [5.74, 6) is -0.271. The third-order valence-corrected chi connectivity index (χ3v) is 3.64. The van der Waals surface area contributed by atoms with Crippen LogP contribution >= 0.6 is 11.6 Å². The lowest BCUT2D eigenvalue weighted by atomic mass is 10.1. The van der Waals surface area contributed by atoms with Crippen molar-refractivity contribution in [2.75, 3.05) is 0 Å². The Bertz CT molecular complexity index is 586. The highest BCUT2D eigenvalue weighted by molar-refractivity contribution is 6.32. The first kappa shape index (κ1) is 18.2. The number of aryl methyl sites for hydroxylation is 1. The van der Waals surface area contributed by atoms with Gasteiger partial charge in [0.05, 0.1) is 5.57 Å². The highest BCUT2D eigenvalue weighted by Gasteiger charge is 2.11. The van der Waals surface area contributed by atoms with Gasteiger partial charge in [-0.15, -0.1) is 0 Å². The first-order valence-corrected chi connectivity index (χ1v) is 7.82. The molecule has 0 aromatic heterocycles. The SMILES string of the molecule is C=C/C(C(=O)NCc1ccc(CC)cc1)=C(/Cl)N=C(C)CC. The maximum absolute atomic E-state index is 12.2. The third-order valence-electron chi connectivity index (χ3n) is 3.36. The minimum absolute atomic E-state index is 0.174. The number of hydrogen-bond donors (Lipinski definition) is 1. The molecule has 1 aromatic carbocycles. The number of nitrogens with one attached hydrogen (secondary N) is 1. The number of rotatable bonds is 7. The Morgan fingerprint density at radius 1 is 1.27 bits per heavy atom. The summed E-state index contributed by atoms with van der Waals surface area (Å²) >= 11 is 6.10. The fourth-order valence-electron chi connectivity index (χ4n) is 1.75. The summed E-state index contributed by atoms with van der Waals surface area (Å²) in [6.07, 6.45) is 3.22. The lowest BCUT2D eigenvalue weighted by molar-refractivity contribution is -0.117. The number of nitrogens with zero attached hydrogens (tertiary/aromatic N) is 1. The molecule has 0 saturated carbocycles. The summed E-state index contributed by atoms with van der Waals surface area (Å²) in [5.41, 5.74) is 3.47. The maximum atomic E-state index is 12.2. The van der Waals surface area contributed by atoms with Gasteiger partial charge in [-0.3, -0.25) is 4.79 Å². The van der Waals surface area contributed by atoms with Crippen molar-refractivity contribution < 1.29 is 4.79 Å². The predicted molar refractivity (Wildman–Crippen MR) is 94.1 cm³/mol. The second-order valence-electron chi connectivity index (χ2n) is 4.96. The molecule has 0 aliphatic rings. The molecule has 1 aromatic rings. The van der Waals surface area contributed by atoms with Crippen molar-refractivity contribution in [2.45, 2.75) is 40.2 Å². The van der Waals surface area contributed by atoms with Crippen LogP contribution in [0.5, 0.6) is 0 Å². The molecule has 0 spiro atoms. The smallest absolute Gasteiger partial charge is 0.254 e. The predicted octanol–water partition coefficient (Wildman–Crippen LogP) is 4.37. The molecule has 22 heavy (non-hydrogen) atoms. The molecule has 3 nitrogen and oxygen atoms in total. The molecule has 1 N–H and O–H groups in total. The first-order chi connectivity index (χ1) is 10.5. The lowest BCUT2D eigenvalue weighted by Crippen LogP contribution is -2.24. The molecule has 0 unspecified atom stereocenters. The standard InChI is InChI=1S/C18H23ClN2O/c1-5-13(4)21-17(19)16(7-3)18(22)20-12-15-10-8-14(6-2)9-11-15/h7-11H,3,5-6,12H2,1-2,4H3,(H,20,22)/b17-16+,21-13?. The van der Waals surface area contributed by atoms with E-state index in [0.717, 1.165) is 24.1 Å². The van der Waals surface area contributed by atoms with E-state index in [0.29, 0.717) is 12.1 Å². The number of carbonyl (C=O) groups is 1. The van der Waals surface area contributed by atoms with Crippen molar-refractivity contribution in [1.82, 2.24) is 5.32 Å². The Morgan fingerprint density at radius 2 is 1.86 bits per heavy atom. The van der Waals surface area contributed by atoms with E-state index >= 15 is 0 Å². The minimum atomic E-state index is -0.271. The summed E-state index contributed by atoms with van der Waals surface area (Å²) in [5, 5.41) is 3.01. The quantitative estimate of drug-likeness (QED) is 0.345. The summed E-state index contributed by atoms with van der Waals surface area (Å²) in [7, 11) is 0. The van der Waals surface area contributed by atoms with Crippen molar-refractivity contribution >= 4 is 23.2 Å². The van der Waals surface area contributed by atoms with E-state index in [1.165, 1.54) is 11.6 Å².